The Hall–Kier alpha value is -4.27. The smallest absolute Gasteiger partial charge is 0.414 e. The normalized spacial score (nSPS) is 17.2. The van der Waals surface area contributed by atoms with Crippen molar-refractivity contribution in [2.24, 2.45) is 5.92 Å². The highest BCUT2D eigenvalue weighted by Gasteiger charge is 2.35. The molecule has 8 nitrogen and oxygen atoms in total. The highest BCUT2D eigenvalue weighted by Crippen LogP contribution is 2.49. The standard InChI is InChI=1S/C29H31FN2O6/c1-17-22(11-18-12-25(35-4)28(26(13-18)36-5)38-29(34)32(2)3)21-9-8-19(30)14-24(21)23(17)15-27(33)31-16-20-7-6-10-37-20/h6-14,17,23H,15-16H2,1-5H3,(H,31,33). The van der Waals surface area contributed by atoms with Crippen molar-refractivity contribution < 1.29 is 32.6 Å². The van der Waals surface area contributed by atoms with Gasteiger partial charge >= 0.3 is 6.09 Å². The van der Waals surface area contributed by atoms with Crippen LogP contribution in [0, 0.1) is 11.7 Å². The van der Waals surface area contributed by atoms with Crippen molar-refractivity contribution >= 4 is 23.6 Å². The predicted octanol–water partition coefficient (Wildman–Crippen LogP) is 5.48. The molecule has 2 atom stereocenters. The Kier molecular flexibility index (Phi) is 8.05. The van der Waals surface area contributed by atoms with Crippen molar-refractivity contribution in [3.05, 3.63) is 77.0 Å². The van der Waals surface area contributed by atoms with E-state index in [2.05, 4.69) is 5.32 Å². The zero-order chi connectivity index (χ0) is 27.4. The number of fused-ring (bicyclic) bond motifs is 1. The van der Waals surface area contributed by atoms with Crippen molar-refractivity contribution in [1.29, 1.82) is 0 Å². The molecule has 0 fully saturated rings. The summed E-state index contributed by atoms with van der Waals surface area (Å²) in [7, 11) is 6.11. The van der Waals surface area contributed by atoms with Crippen molar-refractivity contribution in [3.63, 3.8) is 0 Å². The van der Waals surface area contributed by atoms with Gasteiger partial charge in [-0.2, -0.15) is 0 Å². The summed E-state index contributed by atoms with van der Waals surface area (Å²) < 4.78 is 36.0. The van der Waals surface area contributed by atoms with Crippen LogP contribution in [-0.2, 0) is 11.3 Å². The molecule has 38 heavy (non-hydrogen) atoms. The highest BCUT2D eigenvalue weighted by molar-refractivity contribution is 5.90. The Labute approximate surface area is 221 Å². The van der Waals surface area contributed by atoms with E-state index in [1.165, 1.54) is 31.3 Å². The SMILES string of the molecule is COc1cc(C=C2c3ccc(F)cc3C(CC(=O)NCc3ccco3)C2C)cc(OC)c1OC(=O)N(C)C. The number of ether oxygens (including phenoxy) is 3. The number of hydrogen-bond acceptors (Lipinski definition) is 6. The maximum atomic E-state index is 14.3. The van der Waals surface area contributed by atoms with E-state index in [1.807, 2.05) is 13.0 Å². The first-order valence-electron chi connectivity index (χ1n) is 12.2. The lowest BCUT2D eigenvalue weighted by molar-refractivity contribution is -0.121. The van der Waals surface area contributed by atoms with E-state index < -0.39 is 6.09 Å². The molecule has 0 spiro atoms. The number of benzene rings is 2. The van der Waals surface area contributed by atoms with Crippen LogP contribution < -0.4 is 19.5 Å². The third-order valence-corrected chi connectivity index (χ3v) is 6.62. The summed E-state index contributed by atoms with van der Waals surface area (Å²) in [4.78, 5) is 26.3. The lowest BCUT2D eigenvalue weighted by atomic mass is 9.88. The second kappa shape index (κ2) is 11.4. The van der Waals surface area contributed by atoms with Crippen LogP contribution in [-0.4, -0.2) is 45.2 Å². The van der Waals surface area contributed by atoms with E-state index in [-0.39, 0.29) is 42.3 Å². The molecule has 2 unspecified atom stereocenters. The number of furan rings is 1. The maximum absolute atomic E-state index is 14.3. The molecule has 4 rings (SSSR count). The van der Waals surface area contributed by atoms with E-state index in [4.69, 9.17) is 18.6 Å². The van der Waals surface area contributed by atoms with Gasteiger partial charge in [0, 0.05) is 20.5 Å². The van der Waals surface area contributed by atoms with E-state index in [0.29, 0.717) is 17.3 Å². The Morgan fingerprint density at radius 3 is 2.42 bits per heavy atom. The molecule has 0 saturated carbocycles. The minimum Gasteiger partial charge on any atom is -0.493 e. The lowest BCUT2D eigenvalue weighted by Gasteiger charge is -2.18. The van der Waals surface area contributed by atoms with Crippen LogP contribution >= 0.6 is 0 Å². The third kappa shape index (κ3) is 5.66. The average molecular weight is 523 g/mol. The summed E-state index contributed by atoms with van der Waals surface area (Å²) in [6.07, 6.45) is 3.15. The number of carbonyl (C=O) groups excluding carboxylic acids is 2. The quantitative estimate of drug-likeness (QED) is 0.422. The highest BCUT2D eigenvalue weighted by atomic mass is 19.1. The average Bonchev–Trinajstić information content (AvgIpc) is 3.50. The lowest BCUT2D eigenvalue weighted by Crippen LogP contribution is -2.25. The molecule has 0 bridgehead atoms. The number of hydrogen-bond donors (Lipinski definition) is 1. The minimum atomic E-state index is -0.568. The van der Waals surface area contributed by atoms with Crippen molar-refractivity contribution in [3.8, 4) is 17.2 Å². The Bertz CT molecular complexity index is 1320. The first-order valence-corrected chi connectivity index (χ1v) is 12.2. The Morgan fingerprint density at radius 2 is 1.82 bits per heavy atom. The first-order chi connectivity index (χ1) is 18.2. The van der Waals surface area contributed by atoms with Gasteiger partial charge in [-0.1, -0.05) is 19.1 Å². The second-order valence-corrected chi connectivity index (χ2v) is 9.30. The van der Waals surface area contributed by atoms with Crippen LogP contribution in [0.4, 0.5) is 9.18 Å². The van der Waals surface area contributed by atoms with Crippen LogP contribution in [0.2, 0.25) is 0 Å². The van der Waals surface area contributed by atoms with Gasteiger partial charge in [-0.05, 0) is 70.5 Å². The van der Waals surface area contributed by atoms with Crippen molar-refractivity contribution in [2.45, 2.75) is 25.8 Å². The molecule has 1 aromatic heterocycles. The fourth-order valence-corrected chi connectivity index (χ4v) is 4.64. The molecule has 1 aliphatic rings. The molecular weight excluding hydrogens is 491 g/mol. The number of carbonyl (C=O) groups is 2. The van der Waals surface area contributed by atoms with Crippen LogP contribution in [0.15, 0.2) is 53.1 Å². The van der Waals surface area contributed by atoms with Crippen LogP contribution in [0.1, 0.15) is 41.7 Å². The van der Waals surface area contributed by atoms with Crippen molar-refractivity contribution in [1.82, 2.24) is 10.2 Å². The number of halogens is 1. The zero-order valence-corrected chi connectivity index (χ0v) is 22.0. The predicted molar refractivity (Wildman–Crippen MR) is 141 cm³/mol. The molecule has 2 amide bonds. The van der Waals surface area contributed by atoms with Crippen LogP contribution in [0.3, 0.4) is 0 Å². The first kappa shape index (κ1) is 26.8. The van der Waals surface area contributed by atoms with E-state index in [9.17, 15) is 14.0 Å². The number of nitrogens with zero attached hydrogens (tertiary/aromatic N) is 1. The topological polar surface area (TPSA) is 90.2 Å². The van der Waals surface area contributed by atoms with Gasteiger partial charge < -0.3 is 28.8 Å². The van der Waals surface area contributed by atoms with Crippen LogP contribution in [0.25, 0.3) is 11.6 Å². The van der Waals surface area contributed by atoms with Gasteiger partial charge in [0.2, 0.25) is 11.7 Å². The van der Waals surface area contributed by atoms with E-state index in [1.54, 1.807) is 50.7 Å². The number of allylic oxidation sites excluding steroid dienone is 1. The summed E-state index contributed by atoms with van der Waals surface area (Å²) in [6, 6.07) is 11.7. The summed E-state index contributed by atoms with van der Waals surface area (Å²) in [5.41, 5.74) is 3.35. The zero-order valence-electron chi connectivity index (χ0n) is 22.0. The molecule has 0 radical (unpaired) electrons. The van der Waals surface area contributed by atoms with Gasteiger partial charge in [-0.25, -0.2) is 9.18 Å². The molecule has 0 aliphatic heterocycles. The molecule has 2 aromatic carbocycles. The summed E-state index contributed by atoms with van der Waals surface area (Å²) in [5.74, 6) is 0.683. The number of amides is 2. The maximum Gasteiger partial charge on any atom is 0.414 e. The molecule has 9 heteroatoms. The number of rotatable bonds is 8. The summed E-state index contributed by atoms with van der Waals surface area (Å²) in [5, 5.41) is 2.88. The van der Waals surface area contributed by atoms with Crippen molar-refractivity contribution in [2.75, 3.05) is 28.3 Å². The minimum absolute atomic E-state index is 0.0793. The molecule has 200 valence electrons. The second-order valence-electron chi connectivity index (χ2n) is 9.30. The molecule has 3 aromatic rings. The summed E-state index contributed by atoms with van der Waals surface area (Å²) >= 11 is 0. The van der Waals surface area contributed by atoms with Gasteiger partial charge in [0.15, 0.2) is 11.5 Å². The molecule has 0 saturated heterocycles. The molecule has 1 heterocycles. The largest absolute Gasteiger partial charge is 0.493 e. The van der Waals surface area contributed by atoms with Gasteiger partial charge in [0.1, 0.15) is 11.6 Å². The van der Waals surface area contributed by atoms with Gasteiger partial charge in [0.25, 0.3) is 0 Å². The Balaban J connectivity index is 1.66. The van der Waals surface area contributed by atoms with Gasteiger partial charge in [-0.15, -0.1) is 0 Å². The third-order valence-electron chi connectivity index (χ3n) is 6.62. The van der Waals surface area contributed by atoms with E-state index >= 15 is 0 Å². The number of nitrogens with one attached hydrogen (secondary N) is 1. The van der Waals surface area contributed by atoms with Gasteiger partial charge in [0.05, 0.1) is 27.0 Å². The molecule has 1 aliphatic carbocycles. The molecular formula is C29H31FN2O6. The number of methoxy groups -OCH3 is 2. The van der Waals surface area contributed by atoms with Gasteiger partial charge in [-0.3, -0.25) is 4.79 Å². The monoisotopic (exact) mass is 522 g/mol. The van der Waals surface area contributed by atoms with E-state index in [0.717, 1.165) is 22.3 Å². The molecule has 1 N–H and O–H groups in total. The van der Waals surface area contributed by atoms with Crippen LogP contribution in [0.5, 0.6) is 17.2 Å². The fourth-order valence-electron chi connectivity index (χ4n) is 4.64. The fraction of sp³-hybridized carbons (Fsp3) is 0.310. The Morgan fingerprint density at radius 1 is 1.11 bits per heavy atom. The summed E-state index contributed by atoms with van der Waals surface area (Å²) in [6.45, 7) is 2.31.